The number of methoxy groups -OCH3 is 1. The van der Waals surface area contributed by atoms with Gasteiger partial charge in [0.05, 0.1) is 7.11 Å². The van der Waals surface area contributed by atoms with Gasteiger partial charge >= 0.3 is 5.97 Å². The zero-order valence-corrected chi connectivity index (χ0v) is 10.5. The van der Waals surface area contributed by atoms with Crippen molar-refractivity contribution >= 4 is 11.7 Å². The number of hydrogen-bond acceptors (Lipinski definition) is 4. The summed E-state index contributed by atoms with van der Waals surface area (Å²) in [6, 6.07) is 7.95. The molecule has 1 N–H and O–H groups in total. The van der Waals surface area contributed by atoms with Crippen LogP contribution in [0.25, 0.3) is 0 Å². The number of hydrogen-bond donors (Lipinski definition) is 1. The van der Waals surface area contributed by atoms with Crippen molar-refractivity contribution in [2.75, 3.05) is 19.0 Å². The van der Waals surface area contributed by atoms with Gasteiger partial charge in [-0.3, -0.25) is 0 Å². The molecule has 0 aliphatic carbocycles. The minimum Gasteiger partial charge on any atom is -0.482 e. The van der Waals surface area contributed by atoms with Crippen LogP contribution in [0, 0.1) is 0 Å². The van der Waals surface area contributed by atoms with Crippen LogP contribution in [0.4, 0.5) is 5.69 Å². The highest BCUT2D eigenvalue weighted by Gasteiger charge is 2.02. The number of carbonyl (C=O) groups is 1. The Morgan fingerprint density at radius 1 is 1.35 bits per heavy atom. The van der Waals surface area contributed by atoms with E-state index in [9.17, 15) is 4.79 Å². The number of benzene rings is 1. The first kappa shape index (κ1) is 13.4. The number of rotatable bonds is 6. The molecule has 0 fully saturated rings. The Kier molecular flexibility index (Phi) is 5.33. The molecule has 0 spiro atoms. The van der Waals surface area contributed by atoms with E-state index in [0.29, 0.717) is 11.8 Å². The van der Waals surface area contributed by atoms with Gasteiger partial charge in [-0.15, -0.1) is 0 Å². The van der Waals surface area contributed by atoms with E-state index >= 15 is 0 Å². The van der Waals surface area contributed by atoms with Gasteiger partial charge in [0, 0.05) is 11.7 Å². The van der Waals surface area contributed by atoms with Crippen molar-refractivity contribution < 1.29 is 14.3 Å². The smallest absolute Gasteiger partial charge is 0.343 e. The van der Waals surface area contributed by atoms with Gasteiger partial charge in [-0.25, -0.2) is 4.79 Å². The summed E-state index contributed by atoms with van der Waals surface area (Å²) >= 11 is 0. The molecule has 1 aromatic rings. The van der Waals surface area contributed by atoms with Crippen LogP contribution < -0.4 is 10.1 Å². The topological polar surface area (TPSA) is 47.6 Å². The van der Waals surface area contributed by atoms with Crippen molar-refractivity contribution in [2.45, 2.75) is 26.3 Å². The number of ether oxygens (including phenoxy) is 2. The molecule has 1 aromatic carbocycles. The molecule has 0 amide bonds. The fourth-order valence-electron chi connectivity index (χ4n) is 1.24. The monoisotopic (exact) mass is 237 g/mol. The molecule has 17 heavy (non-hydrogen) atoms. The molecule has 94 valence electrons. The molecular formula is C13H19NO3. The molecule has 0 aliphatic rings. The Hall–Kier alpha value is -1.71. The van der Waals surface area contributed by atoms with Crippen LogP contribution in [-0.4, -0.2) is 25.7 Å². The second-order valence-electron chi connectivity index (χ2n) is 3.84. The van der Waals surface area contributed by atoms with Gasteiger partial charge in [-0.2, -0.15) is 0 Å². The molecule has 0 saturated heterocycles. The van der Waals surface area contributed by atoms with Gasteiger partial charge in [0.1, 0.15) is 5.75 Å². The fraction of sp³-hybridized carbons (Fsp3) is 0.462. The summed E-state index contributed by atoms with van der Waals surface area (Å²) < 4.78 is 9.73. The largest absolute Gasteiger partial charge is 0.482 e. The van der Waals surface area contributed by atoms with E-state index < -0.39 is 0 Å². The highest BCUT2D eigenvalue weighted by Crippen LogP contribution is 2.16. The molecule has 0 aliphatic heterocycles. The third kappa shape index (κ3) is 4.76. The summed E-state index contributed by atoms with van der Waals surface area (Å²) in [5.41, 5.74) is 1.05. The molecule has 1 rings (SSSR count). The van der Waals surface area contributed by atoms with Gasteiger partial charge in [-0.1, -0.05) is 6.92 Å². The summed E-state index contributed by atoms with van der Waals surface area (Å²) in [5, 5.41) is 3.35. The minimum absolute atomic E-state index is 0.0609. The predicted molar refractivity (Wildman–Crippen MR) is 67.3 cm³/mol. The lowest BCUT2D eigenvalue weighted by Gasteiger charge is -2.13. The van der Waals surface area contributed by atoms with Crippen LogP contribution in [0.1, 0.15) is 20.3 Å². The van der Waals surface area contributed by atoms with E-state index in [1.807, 2.05) is 24.3 Å². The molecule has 1 unspecified atom stereocenters. The summed E-state index contributed by atoms with van der Waals surface area (Å²) in [4.78, 5) is 10.9. The summed E-state index contributed by atoms with van der Waals surface area (Å²) in [6.45, 7) is 4.20. The van der Waals surface area contributed by atoms with Crippen molar-refractivity contribution in [3.8, 4) is 5.75 Å². The van der Waals surface area contributed by atoms with Gasteiger partial charge < -0.3 is 14.8 Å². The van der Waals surface area contributed by atoms with Crippen molar-refractivity contribution in [1.29, 1.82) is 0 Å². The second kappa shape index (κ2) is 6.78. The van der Waals surface area contributed by atoms with Crippen LogP contribution in [0.15, 0.2) is 24.3 Å². The lowest BCUT2D eigenvalue weighted by molar-refractivity contribution is -0.142. The number of nitrogens with one attached hydrogen (secondary N) is 1. The second-order valence-corrected chi connectivity index (χ2v) is 3.84. The molecule has 0 bridgehead atoms. The molecule has 0 radical (unpaired) electrons. The van der Waals surface area contributed by atoms with Crippen molar-refractivity contribution in [3.63, 3.8) is 0 Å². The molecule has 4 nitrogen and oxygen atoms in total. The van der Waals surface area contributed by atoms with E-state index in [4.69, 9.17) is 4.74 Å². The van der Waals surface area contributed by atoms with Crippen molar-refractivity contribution in [3.05, 3.63) is 24.3 Å². The highest BCUT2D eigenvalue weighted by atomic mass is 16.6. The van der Waals surface area contributed by atoms with E-state index in [1.165, 1.54) is 7.11 Å². The Balaban J connectivity index is 2.47. The van der Waals surface area contributed by atoms with E-state index in [0.717, 1.165) is 12.1 Å². The zero-order valence-electron chi connectivity index (χ0n) is 10.5. The molecule has 1 atom stereocenters. The van der Waals surface area contributed by atoms with E-state index in [1.54, 1.807) is 0 Å². The Morgan fingerprint density at radius 3 is 2.53 bits per heavy atom. The van der Waals surface area contributed by atoms with Gasteiger partial charge in [0.15, 0.2) is 6.61 Å². The van der Waals surface area contributed by atoms with Gasteiger partial charge in [0.2, 0.25) is 0 Å². The van der Waals surface area contributed by atoms with Gasteiger partial charge in [0.25, 0.3) is 0 Å². The normalized spacial score (nSPS) is 11.7. The first-order valence-electron chi connectivity index (χ1n) is 5.72. The van der Waals surface area contributed by atoms with Crippen LogP contribution in [0.5, 0.6) is 5.75 Å². The fourth-order valence-corrected chi connectivity index (χ4v) is 1.24. The minimum atomic E-state index is -0.383. The number of anilines is 1. The summed E-state index contributed by atoms with van der Waals surface area (Å²) in [6.07, 6.45) is 1.07. The maximum atomic E-state index is 10.9. The SMILES string of the molecule is CCC(C)Nc1ccc(OCC(=O)OC)cc1. The average Bonchev–Trinajstić information content (AvgIpc) is 2.37. The Bertz CT molecular complexity index is 348. The highest BCUT2D eigenvalue weighted by molar-refractivity contribution is 5.70. The lowest BCUT2D eigenvalue weighted by atomic mass is 10.2. The standard InChI is InChI=1S/C13H19NO3/c1-4-10(2)14-11-5-7-12(8-6-11)17-9-13(15)16-3/h5-8,10,14H,4,9H2,1-3H3. The predicted octanol–water partition coefficient (Wildman–Crippen LogP) is 2.45. The molecule has 4 heteroatoms. The first-order chi connectivity index (χ1) is 8.15. The Labute approximate surface area is 102 Å². The average molecular weight is 237 g/mol. The quantitative estimate of drug-likeness (QED) is 0.772. The van der Waals surface area contributed by atoms with E-state index in [2.05, 4.69) is 23.9 Å². The summed E-state index contributed by atoms with van der Waals surface area (Å²) in [5.74, 6) is 0.275. The van der Waals surface area contributed by atoms with Crippen LogP contribution in [0.3, 0.4) is 0 Å². The molecule has 0 heterocycles. The first-order valence-corrected chi connectivity index (χ1v) is 5.72. The zero-order chi connectivity index (χ0) is 12.7. The van der Waals surface area contributed by atoms with Crippen molar-refractivity contribution in [1.82, 2.24) is 0 Å². The third-order valence-electron chi connectivity index (χ3n) is 2.46. The maximum absolute atomic E-state index is 10.9. The number of esters is 1. The Morgan fingerprint density at radius 2 is 2.00 bits per heavy atom. The van der Waals surface area contributed by atoms with Crippen molar-refractivity contribution in [2.24, 2.45) is 0 Å². The number of carbonyl (C=O) groups excluding carboxylic acids is 1. The molecule has 0 aromatic heterocycles. The van der Waals surface area contributed by atoms with Crippen LogP contribution in [-0.2, 0) is 9.53 Å². The van der Waals surface area contributed by atoms with Gasteiger partial charge in [-0.05, 0) is 37.6 Å². The molecule has 0 saturated carbocycles. The lowest BCUT2D eigenvalue weighted by Crippen LogP contribution is -2.14. The van der Waals surface area contributed by atoms with E-state index in [-0.39, 0.29) is 12.6 Å². The summed E-state index contributed by atoms with van der Waals surface area (Å²) in [7, 11) is 1.34. The third-order valence-corrected chi connectivity index (χ3v) is 2.46. The van der Waals surface area contributed by atoms with Crippen LogP contribution in [0.2, 0.25) is 0 Å². The molecular weight excluding hydrogens is 218 g/mol. The van der Waals surface area contributed by atoms with Crippen LogP contribution >= 0.6 is 0 Å². The maximum Gasteiger partial charge on any atom is 0.343 e.